The van der Waals surface area contributed by atoms with Gasteiger partial charge < -0.3 is 4.74 Å². The van der Waals surface area contributed by atoms with Gasteiger partial charge in [0.15, 0.2) is 0 Å². The first-order valence-corrected chi connectivity index (χ1v) is 6.12. The summed E-state index contributed by atoms with van der Waals surface area (Å²) in [6, 6.07) is 10.1. The zero-order valence-electron chi connectivity index (χ0n) is 10.3. The Labute approximate surface area is 106 Å². The molecule has 0 saturated carbocycles. The number of rotatable bonds is 2. The predicted molar refractivity (Wildman–Crippen MR) is 64.4 cm³/mol. The van der Waals surface area contributed by atoms with Crippen LogP contribution in [0, 0.1) is 11.3 Å². The minimum atomic E-state index is -0.647. The van der Waals surface area contributed by atoms with E-state index >= 15 is 0 Å². The average molecular weight is 245 g/mol. The molecule has 18 heavy (non-hydrogen) atoms. The zero-order valence-corrected chi connectivity index (χ0v) is 10.3. The molecular weight excluding hydrogens is 230 g/mol. The van der Waals surface area contributed by atoms with Crippen LogP contribution in [0.3, 0.4) is 0 Å². The Kier molecular flexibility index (Phi) is 2.48. The fourth-order valence-corrected chi connectivity index (χ4v) is 2.88. The lowest BCUT2D eigenvalue weighted by atomic mass is 9.82. The summed E-state index contributed by atoms with van der Waals surface area (Å²) < 4.78 is 4.73. The molecule has 0 spiro atoms. The molecule has 2 saturated heterocycles. The summed E-state index contributed by atoms with van der Waals surface area (Å²) in [7, 11) is 0. The van der Waals surface area contributed by atoms with Crippen LogP contribution in [0.1, 0.15) is 12.5 Å². The molecule has 2 atom stereocenters. The molecule has 0 aromatic heterocycles. The van der Waals surface area contributed by atoms with E-state index < -0.39 is 5.41 Å². The highest BCUT2D eigenvalue weighted by Crippen LogP contribution is 2.42. The smallest absolute Gasteiger partial charge is 0.321 e. The van der Waals surface area contributed by atoms with Gasteiger partial charge in [0.1, 0.15) is 0 Å². The third kappa shape index (κ3) is 1.64. The number of carbonyl (C=O) groups excluding carboxylic acids is 2. The molecule has 2 heterocycles. The van der Waals surface area contributed by atoms with E-state index in [1.165, 1.54) is 5.56 Å². The fourth-order valence-electron chi connectivity index (χ4n) is 2.88. The molecule has 4 nitrogen and oxygen atoms in total. The van der Waals surface area contributed by atoms with Crippen LogP contribution in [0.5, 0.6) is 0 Å². The second-order valence-corrected chi connectivity index (χ2v) is 5.33. The van der Waals surface area contributed by atoms with Gasteiger partial charge in [-0.05, 0) is 12.5 Å². The topological polar surface area (TPSA) is 46.6 Å². The molecule has 2 aliphatic rings. The van der Waals surface area contributed by atoms with Crippen molar-refractivity contribution in [3.05, 3.63) is 35.9 Å². The van der Waals surface area contributed by atoms with Crippen molar-refractivity contribution in [2.24, 2.45) is 11.3 Å². The number of fused-ring (bicyclic) bond motifs is 1. The van der Waals surface area contributed by atoms with Crippen LogP contribution < -0.4 is 0 Å². The maximum absolute atomic E-state index is 11.7. The van der Waals surface area contributed by atoms with E-state index in [0.717, 1.165) is 6.54 Å². The third-order valence-electron chi connectivity index (χ3n) is 3.96. The van der Waals surface area contributed by atoms with Gasteiger partial charge in [-0.25, -0.2) is 0 Å². The second kappa shape index (κ2) is 3.92. The van der Waals surface area contributed by atoms with Gasteiger partial charge in [-0.1, -0.05) is 30.3 Å². The summed E-state index contributed by atoms with van der Waals surface area (Å²) in [6.45, 7) is 3.80. The first-order chi connectivity index (χ1) is 8.59. The Bertz CT molecular complexity index is 499. The van der Waals surface area contributed by atoms with Crippen molar-refractivity contribution in [1.82, 2.24) is 4.90 Å². The van der Waals surface area contributed by atoms with Crippen LogP contribution in [0.4, 0.5) is 0 Å². The Morgan fingerprint density at radius 1 is 1.33 bits per heavy atom. The van der Waals surface area contributed by atoms with E-state index in [1.54, 1.807) is 0 Å². The molecular formula is C14H15NO3. The molecule has 0 aliphatic carbocycles. The number of ether oxygens (including phenoxy) is 1. The lowest BCUT2D eigenvalue weighted by Gasteiger charge is -2.19. The van der Waals surface area contributed by atoms with Crippen molar-refractivity contribution in [2.75, 3.05) is 13.1 Å². The first-order valence-electron chi connectivity index (χ1n) is 6.12. The number of likely N-dealkylation sites (tertiary alicyclic amines) is 1. The highest BCUT2D eigenvalue weighted by molar-refractivity contribution is 5.99. The number of cyclic esters (lactones) is 2. The van der Waals surface area contributed by atoms with E-state index in [1.807, 2.05) is 25.1 Å². The molecule has 1 aromatic rings. The summed E-state index contributed by atoms with van der Waals surface area (Å²) in [5.41, 5.74) is 0.549. The van der Waals surface area contributed by atoms with E-state index in [4.69, 9.17) is 4.74 Å². The maximum atomic E-state index is 11.7. The van der Waals surface area contributed by atoms with Gasteiger partial charge >= 0.3 is 11.9 Å². The predicted octanol–water partition coefficient (Wildman–Crippen LogP) is 1.21. The average Bonchev–Trinajstić information content (AvgIpc) is 2.77. The molecule has 3 rings (SSSR count). The Hall–Kier alpha value is -1.68. The Morgan fingerprint density at radius 2 is 2.06 bits per heavy atom. The molecule has 0 bridgehead atoms. The zero-order chi connectivity index (χ0) is 12.8. The van der Waals surface area contributed by atoms with Crippen LogP contribution in [0.2, 0.25) is 0 Å². The highest BCUT2D eigenvalue weighted by Gasteiger charge is 2.59. The van der Waals surface area contributed by atoms with Gasteiger partial charge in [-0.2, -0.15) is 0 Å². The van der Waals surface area contributed by atoms with Crippen molar-refractivity contribution in [3.63, 3.8) is 0 Å². The Balaban J connectivity index is 1.76. The van der Waals surface area contributed by atoms with Crippen molar-refractivity contribution in [3.8, 4) is 0 Å². The van der Waals surface area contributed by atoms with Crippen LogP contribution in [0.15, 0.2) is 30.3 Å². The number of benzene rings is 1. The molecule has 2 fully saturated rings. The molecule has 4 heteroatoms. The summed E-state index contributed by atoms with van der Waals surface area (Å²) >= 11 is 0. The van der Waals surface area contributed by atoms with Crippen LogP contribution >= 0.6 is 0 Å². The normalized spacial score (nSPS) is 31.5. The molecule has 0 amide bonds. The minimum absolute atomic E-state index is 0.297. The molecule has 2 aliphatic heterocycles. The summed E-state index contributed by atoms with van der Waals surface area (Å²) in [4.78, 5) is 25.5. The van der Waals surface area contributed by atoms with Crippen LogP contribution in [-0.4, -0.2) is 29.9 Å². The van der Waals surface area contributed by atoms with Gasteiger partial charge in [0.2, 0.25) is 0 Å². The van der Waals surface area contributed by atoms with E-state index in [0.29, 0.717) is 13.1 Å². The highest BCUT2D eigenvalue weighted by atomic mass is 16.6. The van der Waals surface area contributed by atoms with Gasteiger partial charge in [0.05, 0.1) is 11.3 Å². The van der Waals surface area contributed by atoms with Gasteiger partial charge in [-0.3, -0.25) is 14.5 Å². The van der Waals surface area contributed by atoms with Gasteiger partial charge in [0.25, 0.3) is 0 Å². The Morgan fingerprint density at radius 3 is 2.72 bits per heavy atom. The van der Waals surface area contributed by atoms with Gasteiger partial charge in [-0.15, -0.1) is 0 Å². The molecule has 0 radical (unpaired) electrons. The maximum Gasteiger partial charge on any atom is 0.321 e. The van der Waals surface area contributed by atoms with Gasteiger partial charge in [0, 0.05) is 19.6 Å². The minimum Gasteiger partial charge on any atom is -0.392 e. The number of hydrogen-bond acceptors (Lipinski definition) is 4. The third-order valence-corrected chi connectivity index (χ3v) is 3.96. The number of nitrogens with zero attached hydrogens (tertiary/aromatic N) is 1. The number of carbonyl (C=O) groups is 2. The summed E-state index contributed by atoms with van der Waals surface area (Å²) in [5, 5.41) is 0. The summed E-state index contributed by atoms with van der Waals surface area (Å²) in [6.07, 6.45) is 0. The standard InChI is InChI=1S/C14H15NO3/c1-14-9-15(7-10-5-3-2-4-6-10)8-11(14)12(16)18-13(14)17/h2-6,11H,7-9H2,1H3. The van der Waals surface area contributed by atoms with Crippen molar-refractivity contribution in [1.29, 1.82) is 0 Å². The fraction of sp³-hybridized carbons (Fsp3) is 0.429. The van der Waals surface area contributed by atoms with Crippen molar-refractivity contribution in [2.45, 2.75) is 13.5 Å². The van der Waals surface area contributed by atoms with Crippen LogP contribution in [0.25, 0.3) is 0 Å². The van der Waals surface area contributed by atoms with Crippen molar-refractivity contribution < 1.29 is 14.3 Å². The van der Waals surface area contributed by atoms with E-state index in [9.17, 15) is 9.59 Å². The molecule has 94 valence electrons. The van der Waals surface area contributed by atoms with Crippen molar-refractivity contribution >= 4 is 11.9 Å². The number of esters is 2. The lowest BCUT2D eigenvalue weighted by molar-refractivity contribution is -0.156. The largest absolute Gasteiger partial charge is 0.392 e. The van der Waals surface area contributed by atoms with E-state index in [2.05, 4.69) is 17.0 Å². The molecule has 1 aromatic carbocycles. The quantitative estimate of drug-likeness (QED) is 0.580. The van der Waals surface area contributed by atoms with Crippen LogP contribution in [-0.2, 0) is 20.9 Å². The molecule has 0 N–H and O–H groups in total. The number of hydrogen-bond donors (Lipinski definition) is 0. The second-order valence-electron chi connectivity index (χ2n) is 5.33. The lowest BCUT2D eigenvalue weighted by Crippen LogP contribution is -2.31. The van der Waals surface area contributed by atoms with E-state index in [-0.39, 0.29) is 17.9 Å². The first kappa shape index (κ1) is 11.4. The molecule has 2 unspecified atom stereocenters. The SMILES string of the molecule is CC12CN(Cc3ccccc3)CC1C(=O)OC2=O. The summed E-state index contributed by atoms with van der Waals surface area (Å²) in [5.74, 6) is -1.03. The monoisotopic (exact) mass is 245 g/mol.